The molecule has 0 radical (unpaired) electrons. The van der Waals surface area contributed by atoms with Gasteiger partial charge in [-0.15, -0.1) is 0 Å². The van der Waals surface area contributed by atoms with Crippen molar-refractivity contribution in [1.82, 2.24) is 10.3 Å². The van der Waals surface area contributed by atoms with E-state index in [1.807, 2.05) is 0 Å². The molecule has 0 unspecified atom stereocenters. The maximum atomic E-state index is 12.6. The molecule has 0 saturated carbocycles. The van der Waals surface area contributed by atoms with Crippen molar-refractivity contribution in [3.63, 3.8) is 0 Å². The number of hydrogen-bond donors (Lipinski definition) is 1. The van der Waals surface area contributed by atoms with Gasteiger partial charge in [-0.2, -0.15) is 13.2 Å². The first-order valence-electron chi connectivity index (χ1n) is 5.95. The molecule has 0 spiro atoms. The fraction of sp³-hybridized carbons (Fsp3) is 0.583. The first kappa shape index (κ1) is 11.8. The molecule has 3 heterocycles. The van der Waals surface area contributed by atoms with Gasteiger partial charge in [-0.3, -0.25) is 0 Å². The Morgan fingerprint density at radius 2 is 2.17 bits per heavy atom. The second-order valence-corrected chi connectivity index (χ2v) is 4.87. The SMILES string of the molecule is C[C@@H]1CCN[C@@H]2c3ccc(C(F)(F)F)nc3O[C@H]12. The molecule has 1 saturated heterocycles. The topological polar surface area (TPSA) is 34.2 Å². The summed E-state index contributed by atoms with van der Waals surface area (Å²) in [7, 11) is 0. The summed E-state index contributed by atoms with van der Waals surface area (Å²) in [5.41, 5.74) is -0.160. The van der Waals surface area contributed by atoms with Crippen LogP contribution in [-0.2, 0) is 6.18 Å². The van der Waals surface area contributed by atoms with Gasteiger partial charge in [0.15, 0.2) is 0 Å². The lowest BCUT2D eigenvalue weighted by molar-refractivity contribution is -0.141. The van der Waals surface area contributed by atoms with Crippen molar-refractivity contribution in [3.8, 4) is 5.88 Å². The van der Waals surface area contributed by atoms with Crippen LogP contribution in [0.25, 0.3) is 0 Å². The van der Waals surface area contributed by atoms with Crippen LogP contribution in [0.15, 0.2) is 12.1 Å². The predicted octanol–water partition coefficient (Wildman–Crippen LogP) is 2.53. The molecule has 0 aliphatic carbocycles. The molecule has 98 valence electrons. The van der Waals surface area contributed by atoms with Crippen molar-refractivity contribution >= 4 is 0 Å². The van der Waals surface area contributed by atoms with Crippen molar-refractivity contribution in [3.05, 3.63) is 23.4 Å². The molecule has 3 nitrogen and oxygen atoms in total. The zero-order valence-corrected chi connectivity index (χ0v) is 9.79. The molecular weight excluding hydrogens is 245 g/mol. The van der Waals surface area contributed by atoms with Crippen molar-refractivity contribution < 1.29 is 17.9 Å². The average Bonchev–Trinajstić information content (AvgIpc) is 2.67. The molecule has 1 fully saturated rings. The molecule has 0 amide bonds. The number of aromatic nitrogens is 1. The molecule has 3 rings (SSSR count). The first-order valence-corrected chi connectivity index (χ1v) is 5.95. The molecule has 18 heavy (non-hydrogen) atoms. The highest BCUT2D eigenvalue weighted by Crippen LogP contribution is 2.42. The van der Waals surface area contributed by atoms with Crippen molar-refractivity contribution in [1.29, 1.82) is 0 Å². The third-order valence-electron chi connectivity index (χ3n) is 3.62. The van der Waals surface area contributed by atoms with E-state index >= 15 is 0 Å². The largest absolute Gasteiger partial charge is 0.472 e. The molecule has 6 heteroatoms. The highest BCUT2D eigenvalue weighted by Gasteiger charge is 2.42. The molecule has 2 aliphatic heterocycles. The van der Waals surface area contributed by atoms with Gasteiger partial charge in [0.1, 0.15) is 11.8 Å². The summed E-state index contributed by atoms with van der Waals surface area (Å²) < 4.78 is 43.3. The lowest BCUT2D eigenvalue weighted by atomic mass is 9.89. The van der Waals surface area contributed by atoms with Gasteiger partial charge in [-0.1, -0.05) is 6.92 Å². The minimum Gasteiger partial charge on any atom is -0.472 e. The van der Waals surface area contributed by atoms with Gasteiger partial charge >= 0.3 is 6.18 Å². The zero-order valence-electron chi connectivity index (χ0n) is 9.79. The van der Waals surface area contributed by atoms with Gasteiger partial charge in [0.25, 0.3) is 0 Å². The van der Waals surface area contributed by atoms with Gasteiger partial charge in [-0.25, -0.2) is 4.98 Å². The third kappa shape index (κ3) is 1.75. The van der Waals surface area contributed by atoms with Gasteiger partial charge < -0.3 is 10.1 Å². The number of nitrogens with zero attached hydrogens (tertiary/aromatic N) is 1. The fourth-order valence-corrected chi connectivity index (χ4v) is 2.62. The monoisotopic (exact) mass is 258 g/mol. The number of pyridine rings is 1. The molecule has 0 aromatic carbocycles. The Kier molecular flexibility index (Phi) is 2.52. The first-order chi connectivity index (χ1) is 8.47. The number of fused-ring (bicyclic) bond motifs is 3. The van der Waals surface area contributed by atoms with Gasteiger partial charge in [0.2, 0.25) is 5.88 Å². The van der Waals surface area contributed by atoms with Crippen LogP contribution in [0.2, 0.25) is 0 Å². The van der Waals surface area contributed by atoms with E-state index in [4.69, 9.17) is 4.74 Å². The highest BCUT2D eigenvalue weighted by molar-refractivity contribution is 5.37. The number of hydrogen-bond acceptors (Lipinski definition) is 3. The Morgan fingerprint density at radius 3 is 2.89 bits per heavy atom. The number of alkyl halides is 3. The van der Waals surface area contributed by atoms with E-state index in [9.17, 15) is 13.2 Å². The molecule has 1 aromatic heterocycles. The molecule has 1 aromatic rings. The number of rotatable bonds is 0. The van der Waals surface area contributed by atoms with E-state index in [2.05, 4.69) is 17.2 Å². The minimum atomic E-state index is -4.43. The summed E-state index contributed by atoms with van der Waals surface area (Å²) in [5.74, 6) is 0.445. The van der Waals surface area contributed by atoms with Crippen molar-refractivity contribution in [2.24, 2.45) is 5.92 Å². The number of ether oxygens (including phenoxy) is 1. The third-order valence-corrected chi connectivity index (χ3v) is 3.62. The van der Waals surface area contributed by atoms with Gasteiger partial charge in [0.05, 0.1) is 6.04 Å². The van der Waals surface area contributed by atoms with E-state index in [-0.39, 0.29) is 18.0 Å². The van der Waals surface area contributed by atoms with E-state index in [0.717, 1.165) is 24.6 Å². The summed E-state index contributed by atoms with van der Waals surface area (Å²) in [6, 6.07) is 2.46. The Morgan fingerprint density at radius 1 is 1.39 bits per heavy atom. The van der Waals surface area contributed by atoms with Crippen LogP contribution < -0.4 is 10.1 Å². The molecule has 0 bridgehead atoms. The van der Waals surface area contributed by atoms with Crippen LogP contribution in [0.3, 0.4) is 0 Å². The molecular formula is C12H13F3N2O. The second kappa shape index (κ2) is 3.85. The summed E-state index contributed by atoms with van der Waals surface area (Å²) >= 11 is 0. The lowest BCUT2D eigenvalue weighted by Crippen LogP contribution is -2.42. The van der Waals surface area contributed by atoms with E-state index < -0.39 is 11.9 Å². The van der Waals surface area contributed by atoms with Crippen LogP contribution in [0, 0.1) is 5.92 Å². The standard InChI is InChI=1S/C12H13F3N2O/c1-6-4-5-16-9-7-2-3-8(12(13,14)15)17-11(7)18-10(6)9/h2-3,6,9-10,16H,4-5H2,1H3/t6-,9-,10-/m1/s1. The molecule has 2 aliphatic rings. The Labute approximate surface area is 102 Å². The van der Waals surface area contributed by atoms with Crippen LogP contribution in [0.5, 0.6) is 5.88 Å². The summed E-state index contributed by atoms with van der Waals surface area (Å²) in [5, 5.41) is 3.28. The van der Waals surface area contributed by atoms with Gasteiger partial charge in [0, 0.05) is 5.56 Å². The van der Waals surface area contributed by atoms with Crippen molar-refractivity contribution in [2.75, 3.05) is 6.54 Å². The van der Waals surface area contributed by atoms with Gasteiger partial charge in [-0.05, 0) is 31.0 Å². The fourth-order valence-electron chi connectivity index (χ4n) is 2.62. The van der Waals surface area contributed by atoms with E-state index in [1.54, 1.807) is 0 Å². The van der Waals surface area contributed by atoms with E-state index in [1.165, 1.54) is 6.07 Å². The summed E-state index contributed by atoms with van der Waals surface area (Å²) in [4.78, 5) is 3.60. The highest BCUT2D eigenvalue weighted by atomic mass is 19.4. The summed E-state index contributed by atoms with van der Waals surface area (Å²) in [6.45, 7) is 2.90. The van der Waals surface area contributed by atoms with Crippen LogP contribution in [-0.4, -0.2) is 17.6 Å². The molecule has 3 atom stereocenters. The van der Waals surface area contributed by atoms with Crippen LogP contribution >= 0.6 is 0 Å². The number of halogens is 3. The number of nitrogens with one attached hydrogen (secondary N) is 1. The quantitative estimate of drug-likeness (QED) is 0.776. The summed E-state index contributed by atoms with van der Waals surface area (Å²) in [6.07, 6.45) is -3.57. The Balaban J connectivity index is 1.97. The average molecular weight is 258 g/mol. The smallest absolute Gasteiger partial charge is 0.433 e. The lowest BCUT2D eigenvalue weighted by Gasteiger charge is -2.30. The maximum Gasteiger partial charge on any atom is 0.433 e. The normalized spacial score (nSPS) is 30.6. The Bertz CT molecular complexity index is 475. The van der Waals surface area contributed by atoms with Crippen LogP contribution in [0.4, 0.5) is 13.2 Å². The Hall–Kier alpha value is -1.30. The minimum absolute atomic E-state index is 0.0291. The predicted molar refractivity (Wildman–Crippen MR) is 58.2 cm³/mol. The van der Waals surface area contributed by atoms with Crippen molar-refractivity contribution in [2.45, 2.75) is 31.7 Å². The van der Waals surface area contributed by atoms with E-state index in [0.29, 0.717) is 5.92 Å². The molecule has 1 N–H and O–H groups in total. The number of piperidine rings is 1. The second-order valence-electron chi connectivity index (χ2n) is 4.87. The zero-order chi connectivity index (χ0) is 12.9. The maximum absolute atomic E-state index is 12.6. The van der Waals surface area contributed by atoms with Crippen LogP contribution in [0.1, 0.15) is 30.6 Å².